The van der Waals surface area contributed by atoms with Crippen LogP contribution in [0.1, 0.15) is 85.0 Å². The Hall–Kier alpha value is -2.75. The van der Waals surface area contributed by atoms with E-state index in [1.807, 2.05) is 32.9 Å². The molecule has 4 heteroatoms. The summed E-state index contributed by atoms with van der Waals surface area (Å²) in [4.78, 5) is 28.9. The van der Waals surface area contributed by atoms with Crippen molar-refractivity contribution in [2.45, 2.75) is 85.0 Å². The normalized spacial score (nSPS) is 11.7. The molecular formula is C30H40N2O2. The Morgan fingerprint density at radius 1 is 0.706 bits per heavy atom. The molecule has 3 rings (SSSR count). The molecule has 0 unspecified atom stereocenters. The Morgan fingerprint density at radius 2 is 1.21 bits per heavy atom. The highest BCUT2D eigenvalue weighted by molar-refractivity contribution is 6.07. The van der Waals surface area contributed by atoms with E-state index in [-0.39, 0.29) is 5.41 Å². The Kier molecular flexibility index (Phi) is 9.62. The molecule has 0 aliphatic heterocycles. The molecular weight excluding hydrogens is 420 g/mol. The number of Topliss-reactive ketones (excluding diaryl/α,β-unsaturated/α-hetero) is 2. The van der Waals surface area contributed by atoms with Gasteiger partial charge in [0.1, 0.15) is 11.6 Å². The number of nitrogens with zero attached hydrogens (tertiary/aromatic N) is 1. The number of nitrogens with one attached hydrogen (secondary N) is 1. The highest BCUT2D eigenvalue weighted by Gasteiger charge is 2.19. The molecule has 3 aromatic rings. The van der Waals surface area contributed by atoms with Crippen molar-refractivity contribution in [3.63, 3.8) is 0 Å². The molecule has 0 bridgehead atoms. The first-order valence-electron chi connectivity index (χ1n) is 12.9. The number of anilines is 1. The number of carbonyl (C=O) groups excluding carboxylic acids is 2. The zero-order valence-electron chi connectivity index (χ0n) is 21.2. The Bertz CT molecular complexity index is 1040. The number of ketones is 2. The van der Waals surface area contributed by atoms with E-state index in [1.54, 1.807) is 0 Å². The molecule has 34 heavy (non-hydrogen) atoms. The molecule has 0 aliphatic carbocycles. The summed E-state index contributed by atoms with van der Waals surface area (Å²) in [6, 6.07) is 16.5. The summed E-state index contributed by atoms with van der Waals surface area (Å²) < 4.78 is 0. The Labute approximate surface area is 204 Å². The average Bonchev–Trinajstić information content (AvgIpc) is 2.82. The van der Waals surface area contributed by atoms with Gasteiger partial charge in [0.25, 0.3) is 0 Å². The van der Waals surface area contributed by atoms with Crippen LogP contribution in [0.3, 0.4) is 0 Å². The van der Waals surface area contributed by atoms with Crippen molar-refractivity contribution in [2.24, 2.45) is 5.41 Å². The van der Waals surface area contributed by atoms with Crippen molar-refractivity contribution < 1.29 is 9.59 Å². The fraction of sp³-hybridized carbons (Fsp3) is 0.500. The molecule has 0 saturated heterocycles. The van der Waals surface area contributed by atoms with E-state index < -0.39 is 0 Å². The van der Waals surface area contributed by atoms with E-state index in [2.05, 4.69) is 41.7 Å². The number of para-hydroxylation sites is 2. The van der Waals surface area contributed by atoms with Crippen molar-refractivity contribution in [1.82, 2.24) is 4.98 Å². The molecule has 1 N–H and O–H groups in total. The number of unbranched alkanes of at least 4 members (excludes halogenated alkanes) is 5. The van der Waals surface area contributed by atoms with E-state index >= 15 is 0 Å². The Balaban J connectivity index is 1.31. The smallest absolute Gasteiger partial charge is 0.138 e. The summed E-state index contributed by atoms with van der Waals surface area (Å²) in [5.41, 5.74) is 2.94. The molecule has 0 aliphatic rings. The molecule has 182 valence electrons. The molecule has 0 atom stereocenters. The second-order valence-electron chi connectivity index (χ2n) is 10.4. The van der Waals surface area contributed by atoms with Gasteiger partial charge in [-0.2, -0.15) is 0 Å². The van der Waals surface area contributed by atoms with Crippen LogP contribution >= 0.6 is 0 Å². The molecule has 0 fully saturated rings. The van der Waals surface area contributed by atoms with Gasteiger partial charge >= 0.3 is 0 Å². The number of fused-ring (bicyclic) bond motifs is 2. The number of benzene rings is 2. The first-order chi connectivity index (χ1) is 16.4. The van der Waals surface area contributed by atoms with Crippen molar-refractivity contribution in [3.05, 3.63) is 48.5 Å². The fourth-order valence-electron chi connectivity index (χ4n) is 4.33. The van der Waals surface area contributed by atoms with Crippen LogP contribution in [-0.4, -0.2) is 23.1 Å². The summed E-state index contributed by atoms with van der Waals surface area (Å²) in [7, 11) is 0. The van der Waals surface area contributed by atoms with Gasteiger partial charge in [0.15, 0.2) is 0 Å². The van der Waals surface area contributed by atoms with Crippen molar-refractivity contribution >= 4 is 39.1 Å². The summed E-state index contributed by atoms with van der Waals surface area (Å²) >= 11 is 0. The molecule has 1 heterocycles. The van der Waals surface area contributed by atoms with Crippen molar-refractivity contribution in [3.8, 4) is 0 Å². The van der Waals surface area contributed by atoms with Crippen molar-refractivity contribution in [2.75, 3.05) is 11.9 Å². The van der Waals surface area contributed by atoms with Crippen LogP contribution in [0, 0.1) is 5.41 Å². The van der Waals surface area contributed by atoms with Crippen LogP contribution in [0.15, 0.2) is 48.5 Å². The quantitative estimate of drug-likeness (QED) is 0.196. The zero-order chi connectivity index (χ0) is 24.4. The minimum Gasteiger partial charge on any atom is -0.384 e. The Morgan fingerprint density at radius 3 is 1.76 bits per heavy atom. The monoisotopic (exact) mass is 460 g/mol. The van der Waals surface area contributed by atoms with E-state index in [9.17, 15) is 9.59 Å². The van der Waals surface area contributed by atoms with Crippen LogP contribution < -0.4 is 5.32 Å². The number of hydrogen-bond acceptors (Lipinski definition) is 4. The fourth-order valence-corrected chi connectivity index (χ4v) is 4.33. The lowest BCUT2D eigenvalue weighted by Crippen LogP contribution is -2.19. The average molecular weight is 461 g/mol. The third kappa shape index (κ3) is 7.65. The van der Waals surface area contributed by atoms with Gasteiger partial charge in [0.05, 0.1) is 16.7 Å². The SMILES string of the molecule is CC(C)(C)C(=O)CCCCCCC(=O)CCCCCNc1c2ccccc2nc2ccccc12. The largest absolute Gasteiger partial charge is 0.384 e. The second-order valence-corrected chi connectivity index (χ2v) is 10.4. The van der Waals surface area contributed by atoms with Crippen LogP contribution in [0.2, 0.25) is 0 Å². The van der Waals surface area contributed by atoms with Crippen LogP contribution in [-0.2, 0) is 9.59 Å². The summed E-state index contributed by atoms with van der Waals surface area (Å²) in [5, 5.41) is 5.94. The van der Waals surface area contributed by atoms with Gasteiger partial charge in [-0.1, -0.05) is 76.4 Å². The molecule has 0 spiro atoms. The number of pyridine rings is 1. The number of carbonyl (C=O) groups is 2. The lowest BCUT2D eigenvalue weighted by atomic mass is 9.88. The number of aromatic nitrogens is 1. The van der Waals surface area contributed by atoms with Crippen LogP contribution in [0.5, 0.6) is 0 Å². The maximum Gasteiger partial charge on any atom is 0.138 e. The lowest BCUT2D eigenvalue weighted by molar-refractivity contribution is -0.126. The number of hydrogen-bond donors (Lipinski definition) is 1. The minimum atomic E-state index is -0.231. The molecule has 0 amide bonds. The minimum absolute atomic E-state index is 0.231. The summed E-state index contributed by atoms with van der Waals surface area (Å²) in [6.45, 7) is 6.83. The van der Waals surface area contributed by atoms with Crippen LogP contribution in [0.25, 0.3) is 21.8 Å². The molecule has 2 aromatic carbocycles. The maximum atomic E-state index is 12.2. The highest BCUT2D eigenvalue weighted by Crippen LogP contribution is 2.30. The molecule has 0 saturated carbocycles. The van der Waals surface area contributed by atoms with Gasteiger partial charge in [-0.3, -0.25) is 9.59 Å². The molecule has 4 nitrogen and oxygen atoms in total. The number of rotatable bonds is 14. The standard InChI is InChI=1S/C30H40N2O2/c1-30(2,3)28(34)21-9-5-4-7-15-23(33)16-8-6-14-22-31-29-24-17-10-12-19-26(24)32-27-20-13-11-18-25(27)29/h10-13,17-20H,4-9,14-16,21-22H2,1-3H3,(H,31,32). The van der Waals surface area contributed by atoms with Gasteiger partial charge in [0.2, 0.25) is 0 Å². The lowest BCUT2D eigenvalue weighted by Gasteiger charge is -2.16. The first kappa shape index (κ1) is 25.9. The summed E-state index contributed by atoms with van der Waals surface area (Å²) in [6.07, 6.45) is 9.06. The van der Waals surface area contributed by atoms with Crippen molar-refractivity contribution in [1.29, 1.82) is 0 Å². The first-order valence-corrected chi connectivity index (χ1v) is 12.9. The predicted molar refractivity (Wildman–Crippen MR) is 143 cm³/mol. The third-order valence-electron chi connectivity index (χ3n) is 6.47. The predicted octanol–water partition coefficient (Wildman–Crippen LogP) is 7.89. The van der Waals surface area contributed by atoms with E-state index in [1.165, 1.54) is 0 Å². The second kappa shape index (κ2) is 12.6. The topological polar surface area (TPSA) is 59.1 Å². The molecule has 0 radical (unpaired) electrons. The van der Waals surface area contributed by atoms with Gasteiger partial charge in [0, 0.05) is 42.0 Å². The molecule has 1 aromatic heterocycles. The van der Waals surface area contributed by atoms with E-state index in [4.69, 9.17) is 4.98 Å². The third-order valence-corrected chi connectivity index (χ3v) is 6.47. The van der Waals surface area contributed by atoms with Gasteiger partial charge in [-0.05, 0) is 37.8 Å². The van der Waals surface area contributed by atoms with Gasteiger partial charge in [-0.15, -0.1) is 0 Å². The zero-order valence-corrected chi connectivity index (χ0v) is 21.2. The summed E-state index contributed by atoms with van der Waals surface area (Å²) in [5.74, 6) is 0.716. The van der Waals surface area contributed by atoms with Gasteiger partial charge in [-0.25, -0.2) is 4.98 Å². The maximum absolute atomic E-state index is 12.2. The van der Waals surface area contributed by atoms with Gasteiger partial charge < -0.3 is 5.32 Å². The van der Waals surface area contributed by atoms with E-state index in [0.29, 0.717) is 30.8 Å². The van der Waals surface area contributed by atoms with E-state index in [0.717, 1.165) is 79.0 Å². The van der Waals surface area contributed by atoms with Crippen LogP contribution in [0.4, 0.5) is 5.69 Å². The highest BCUT2D eigenvalue weighted by atomic mass is 16.1.